The number of amides is 2. The zero-order valence-corrected chi connectivity index (χ0v) is 9.58. The number of halogens is 3. The predicted octanol–water partition coefficient (Wildman–Crippen LogP) is -0.556. The van der Waals surface area contributed by atoms with Crippen LogP contribution in [-0.4, -0.2) is 48.8 Å². The number of hydrogen-bond acceptors (Lipinski definition) is 4. The number of carbonyl (C=O) groups excluding carboxylic acids is 2. The van der Waals surface area contributed by atoms with Crippen molar-refractivity contribution in [2.45, 2.75) is 11.6 Å². The van der Waals surface area contributed by atoms with E-state index in [1.807, 2.05) is 0 Å². The van der Waals surface area contributed by atoms with E-state index < -0.39 is 17.5 Å². The Morgan fingerprint density at radius 2 is 2.24 bits per heavy atom. The number of nitrogens with one attached hydrogen (secondary N) is 3. The standard InChI is InChI=1S/C8H12F3N3O2S/c9-8(10,11)17-2-1-12-7(16)5-3-14-6(15)4-13-5/h5,13H,1-4H2,(H,12,16)(H,14,15). The van der Waals surface area contributed by atoms with Gasteiger partial charge in [-0.05, 0) is 11.8 Å². The van der Waals surface area contributed by atoms with Gasteiger partial charge in [-0.3, -0.25) is 14.9 Å². The van der Waals surface area contributed by atoms with E-state index in [1.54, 1.807) is 0 Å². The van der Waals surface area contributed by atoms with Crippen LogP contribution < -0.4 is 16.0 Å². The van der Waals surface area contributed by atoms with Crippen LogP contribution in [0.15, 0.2) is 0 Å². The lowest BCUT2D eigenvalue weighted by molar-refractivity contribution is -0.126. The summed E-state index contributed by atoms with van der Waals surface area (Å²) < 4.78 is 35.3. The molecule has 1 atom stereocenters. The van der Waals surface area contributed by atoms with Crippen LogP contribution in [0.2, 0.25) is 0 Å². The second-order valence-corrected chi connectivity index (χ2v) is 4.48. The first-order chi connectivity index (χ1) is 7.88. The summed E-state index contributed by atoms with van der Waals surface area (Å²) in [7, 11) is 0. The van der Waals surface area contributed by atoms with Crippen LogP contribution in [-0.2, 0) is 9.59 Å². The molecule has 1 aliphatic heterocycles. The number of carbonyl (C=O) groups is 2. The Kier molecular flexibility index (Phi) is 5.06. The lowest BCUT2D eigenvalue weighted by atomic mass is 10.2. The van der Waals surface area contributed by atoms with Crippen LogP contribution in [0.3, 0.4) is 0 Å². The molecule has 3 N–H and O–H groups in total. The number of rotatable bonds is 4. The summed E-state index contributed by atoms with van der Waals surface area (Å²) in [6.45, 7) is 0.127. The van der Waals surface area contributed by atoms with Crippen molar-refractivity contribution in [2.24, 2.45) is 0 Å². The van der Waals surface area contributed by atoms with Crippen LogP contribution in [0.1, 0.15) is 0 Å². The molecule has 0 spiro atoms. The van der Waals surface area contributed by atoms with Crippen molar-refractivity contribution in [3.8, 4) is 0 Å². The number of piperazine rings is 1. The first-order valence-electron chi connectivity index (χ1n) is 4.87. The highest BCUT2D eigenvalue weighted by Gasteiger charge is 2.28. The zero-order valence-electron chi connectivity index (χ0n) is 8.76. The van der Waals surface area contributed by atoms with Crippen molar-refractivity contribution in [2.75, 3.05) is 25.4 Å². The topological polar surface area (TPSA) is 70.2 Å². The van der Waals surface area contributed by atoms with Crippen molar-refractivity contribution in [3.05, 3.63) is 0 Å². The molecule has 1 unspecified atom stereocenters. The first kappa shape index (κ1) is 14.1. The Morgan fingerprint density at radius 3 is 2.76 bits per heavy atom. The predicted molar refractivity (Wildman–Crippen MR) is 56.3 cm³/mol. The second kappa shape index (κ2) is 6.10. The van der Waals surface area contributed by atoms with Gasteiger partial charge in [0.05, 0.1) is 6.54 Å². The summed E-state index contributed by atoms with van der Waals surface area (Å²) in [6.07, 6.45) is 0. The molecule has 1 rings (SSSR count). The van der Waals surface area contributed by atoms with Crippen molar-refractivity contribution in [3.63, 3.8) is 0 Å². The monoisotopic (exact) mass is 271 g/mol. The van der Waals surface area contributed by atoms with Crippen LogP contribution >= 0.6 is 11.8 Å². The highest BCUT2D eigenvalue weighted by atomic mass is 32.2. The number of hydrogen-bond donors (Lipinski definition) is 3. The van der Waals surface area contributed by atoms with Crippen molar-refractivity contribution in [1.29, 1.82) is 0 Å². The van der Waals surface area contributed by atoms with Gasteiger partial charge in [0.15, 0.2) is 0 Å². The van der Waals surface area contributed by atoms with E-state index in [2.05, 4.69) is 16.0 Å². The highest BCUT2D eigenvalue weighted by Crippen LogP contribution is 2.29. The minimum atomic E-state index is -4.28. The summed E-state index contributed by atoms with van der Waals surface area (Å²) in [6, 6.07) is -0.580. The fourth-order valence-corrected chi connectivity index (χ4v) is 1.65. The maximum absolute atomic E-state index is 11.8. The molecule has 0 aromatic carbocycles. The van der Waals surface area contributed by atoms with E-state index in [4.69, 9.17) is 0 Å². The molecule has 0 aromatic heterocycles. The zero-order chi connectivity index (χ0) is 12.9. The Hall–Kier alpha value is -0.960. The Bertz CT molecular complexity index is 288. The first-order valence-corrected chi connectivity index (χ1v) is 5.85. The average Bonchev–Trinajstić information content (AvgIpc) is 2.24. The van der Waals surface area contributed by atoms with Crippen molar-refractivity contribution < 1.29 is 22.8 Å². The third-order valence-corrected chi connectivity index (χ3v) is 2.73. The van der Waals surface area contributed by atoms with Gasteiger partial charge in [0.2, 0.25) is 11.8 Å². The molecule has 0 radical (unpaired) electrons. The van der Waals surface area contributed by atoms with Gasteiger partial charge in [0.1, 0.15) is 6.04 Å². The van der Waals surface area contributed by atoms with E-state index in [0.717, 1.165) is 0 Å². The molecule has 9 heteroatoms. The minimum Gasteiger partial charge on any atom is -0.354 e. The molecule has 1 aliphatic rings. The van der Waals surface area contributed by atoms with Gasteiger partial charge in [-0.2, -0.15) is 13.2 Å². The second-order valence-electron chi connectivity index (χ2n) is 3.32. The van der Waals surface area contributed by atoms with Gasteiger partial charge < -0.3 is 10.6 Å². The smallest absolute Gasteiger partial charge is 0.354 e. The molecule has 1 heterocycles. The van der Waals surface area contributed by atoms with E-state index in [1.165, 1.54) is 0 Å². The SMILES string of the molecule is O=C1CNC(C(=O)NCCSC(F)(F)F)CN1. The van der Waals surface area contributed by atoms with Crippen LogP contribution in [0.4, 0.5) is 13.2 Å². The maximum atomic E-state index is 11.8. The van der Waals surface area contributed by atoms with Gasteiger partial charge in [-0.15, -0.1) is 0 Å². The van der Waals surface area contributed by atoms with Gasteiger partial charge in [0, 0.05) is 18.8 Å². The summed E-state index contributed by atoms with van der Waals surface area (Å²) in [5, 5.41) is 7.52. The normalized spacial score (nSPS) is 20.9. The lowest BCUT2D eigenvalue weighted by Gasteiger charge is -2.23. The fourth-order valence-electron chi connectivity index (χ4n) is 1.22. The molecule has 0 bridgehead atoms. The van der Waals surface area contributed by atoms with E-state index >= 15 is 0 Å². The maximum Gasteiger partial charge on any atom is 0.441 e. The molecular formula is C8H12F3N3O2S. The summed E-state index contributed by atoms with van der Waals surface area (Å²) in [5.41, 5.74) is -4.28. The molecule has 98 valence electrons. The number of alkyl halides is 3. The molecule has 0 aromatic rings. The van der Waals surface area contributed by atoms with E-state index in [-0.39, 0.29) is 43.1 Å². The Labute approximate surface area is 99.9 Å². The molecule has 17 heavy (non-hydrogen) atoms. The van der Waals surface area contributed by atoms with Gasteiger partial charge in [0.25, 0.3) is 0 Å². The summed E-state index contributed by atoms with van der Waals surface area (Å²) in [5.74, 6) is -0.844. The summed E-state index contributed by atoms with van der Waals surface area (Å²) >= 11 is -0.182. The largest absolute Gasteiger partial charge is 0.441 e. The molecule has 0 aliphatic carbocycles. The lowest BCUT2D eigenvalue weighted by Crippen LogP contribution is -2.58. The molecule has 1 saturated heterocycles. The fraction of sp³-hybridized carbons (Fsp3) is 0.750. The van der Waals surface area contributed by atoms with Crippen LogP contribution in [0.25, 0.3) is 0 Å². The third-order valence-electron chi connectivity index (χ3n) is 2.00. The molecule has 2 amide bonds. The summed E-state index contributed by atoms with van der Waals surface area (Å²) in [4.78, 5) is 22.2. The van der Waals surface area contributed by atoms with Gasteiger partial charge in [-0.1, -0.05) is 0 Å². The highest BCUT2D eigenvalue weighted by molar-refractivity contribution is 8.00. The Morgan fingerprint density at radius 1 is 1.53 bits per heavy atom. The molecule has 0 saturated carbocycles. The van der Waals surface area contributed by atoms with E-state index in [0.29, 0.717) is 0 Å². The molecular weight excluding hydrogens is 259 g/mol. The van der Waals surface area contributed by atoms with Crippen LogP contribution in [0.5, 0.6) is 0 Å². The minimum absolute atomic E-state index is 0.0371. The van der Waals surface area contributed by atoms with Gasteiger partial charge >= 0.3 is 5.51 Å². The van der Waals surface area contributed by atoms with Crippen molar-refractivity contribution >= 4 is 23.6 Å². The molecule has 5 nitrogen and oxygen atoms in total. The van der Waals surface area contributed by atoms with Gasteiger partial charge in [-0.25, -0.2) is 0 Å². The quantitative estimate of drug-likeness (QED) is 0.600. The third kappa shape index (κ3) is 5.78. The van der Waals surface area contributed by atoms with Crippen molar-refractivity contribution in [1.82, 2.24) is 16.0 Å². The van der Waals surface area contributed by atoms with Crippen LogP contribution in [0, 0.1) is 0 Å². The average molecular weight is 271 g/mol. The van der Waals surface area contributed by atoms with E-state index in [9.17, 15) is 22.8 Å². The molecule has 1 fully saturated rings. The Balaban J connectivity index is 2.15. The number of thioether (sulfide) groups is 1.